The number of nitro benzene ring substituents is 1. The predicted octanol–water partition coefficient (Wildman–Crippen LogP) is 1.86. The molecule has 2 aromatic rings. The van der Waals surface area contributed by atoms with Crippen molar-refractivity contribution in [3.8, 4) is 0 Å². The van der Waals surface area contributed by atoms with Gasteiger partial charge in [0.05, 0.1) is 11.5 Å². The topological polar surface area (TPSA) is 90.1 Å². The van der Waals surface area contributed by atoms with E-state index in [0.29, 0.717) is 16.9 Å². The highest BCUT2D eigenvalue weighted by Gasteiger charge is 2.17. The summed E-state index contributed by atoms with van der Waals surface area (Å²) in [6.07, 6.45) is 0. The van der Waals surface area contributed by atoms with Crippen molar-refractivity contribution >= 4 is 11.4 Å². The molecule has 0 aliphatic rings. The Morgan fingerprint density at radius 2 is 2.10 bits per heavy atom. The van der Waals surface area contributed by atoms with Crippen LogP contribution in [0.1, 0.15) is 17.0 Å². The molecule has 0 saturated carbocycles. The molecule has 1 aromatic carbocycles. The number of nitrogens with zero attached hydrogens (tertiary/aromatic N) is 3. The van der Waals surface area contributed by atoms with Gasteiger partial charge in [-0.1, -0.05) is 12.1 Å². The fourth-order valence-corrected chi connectivity index (χ4v) is 2.30. The summed E-state index contributed by atoms with van der Waals surface area (Å²) in [4.78, 5) is 26.5. The van der Waals surface area contributed by atoms with Gasteiger partial charge in [0.2, 0.25) is 0 Å². The summed E-state index contributed by atoms with van der Waals surface area (Å²) in [5, 5.41) is 13.9. The minimum atomic E-state index is -0.446. The van der Waals surface area contributed by atoms with Crippen LogP contribution in [0.5, 0.6) is 0 Å². The van der Waals surface area contributed by atoms with Gasteiger partial charge < -0.3 is 5.32 Å². The number of para-hydroxylation sites is 1. The summed E-state index contributed by atoms with van der Waals surface area (Å²) in [7, 11) is 1.62. The Labute approximate surface area is 121 Å². The fourth-order valence-electron chi connectivity index (χ4n) is 2.30. The molecule has 0 saturated heterocycles. The highest BCUT2D eigenvalue weighted by molar-refractivity contribution is 5.66. The minimum Gasteiger partial charge on any atom is -0.382 e. The number of benzene rings is 1. The first-order chi connectivity index (χ1) is 9.93. The molecule has 0 amide bonds. The molecule has 0 spiro atoms. The first kappa shape index (κ1) is 14.7. The lowest BCUT2D eigenvalue weighted by molar-refractivity contribution is -0.384. The third-order valence-electron chi connectivity index (χ3n) is 3.25. The van der Waals surface area contributed by atoms with Gasteiger partial charge in [-0.15, -0.1) is 0 Å². The Hall–Kier alpha value is -2.70. The molecule has 0 fully saturated rings. The smallest absolute Gasteiger partial charge is 0.348 e. The molecule has 0 bridgehead atoms. The van der Waals surface area contributed by atoms with Crippen molar-refractivity contribution in [1.82, 2.24) is 9.55 Å². The molecule has 1 aromatic heterocycles. The summed E-state index contributed by atoms with van der Waals surface area (Å²) < 4.78 is 1.49. The Balaban J connectivity index is 2.53. The number of aromatic nitrogens is 2. The van der Waals surface area contributed by atoms with Crippen LogP contribution in [0.4, 0.5) is 11.4 Å². The van der Waals surface area contributed by atoms with E-state index in [2.05, 4.69) is 10.3 Å². The van der Waals surface area contributed by atoms with Gasteiger partial charge in [0, 0.05) is 30.1 Å². The molecular formula is C14H16N4O3. The average Bonchev–Trinajstić information content (AvgIpc) is 2.42. The molecule has 7 nitrogen and oxygen atoms in total. The van der Waals surface area contributed by atoms with Gasteiger partial charge in [-0.25, -0.2) is 4.79 Å². The molecule has 21 heavy (non-hydrogen) atoms. The van der Waals surface area contributed by atoms with Crippen LogP contribution in [0.3, 0.4) is 0 Å². The minimum absolute atomic E-state index is 0.0132. The van der Waals surface area contributed by atoms with E-state index < -0.39 is 4.92 Å². The van der Waals surface area contributed by atoms with Crippen LogP contribution in [0.15, 0.2) is 29.1 Å². The highest BCUT2D eigenvalue weighted by atomic mass is 16.6. The van der Waals surface area contributed by atoms with E-state index in [1.54, 1.807) is 32.2 Å². The zero-order valence-corrected chi connectivity index (χ0v) is 12.1. The number of aryl methyl sites for hydroxylation is 2. The molecule has 0 aliphatic heterocycles. The third kappa shape index (κ3) is 2.91. The number of anilines is 1. The van der Waals surface area contributed by atoms with Gasteiger partial charge in [0.25, 0.3) is 5.69 Å². The summed E-state index contributed by atoms with van der Waals surface area (Å²) in [6, 6.07) is 6.59. The van der Waals surface area contributed by atoms with Crippen molar-refractivity contribution < 1.29 is 4.92 Å². The molecule has 0 unspecified atom stereocenters. The number of rotatable bonds is 4. The Morgan fingerprint density at radius 3 is 2.67 bits per heavy atom. The maximum atomic E-state index is 12.0. The first-order valence-electron chi connectivity index (χ1n) is 6.43. The summed E-state index contributed by atoms with van der Waals surface area (Å²) >= 11 is 0. The van der Waals surface area contributed by atoms with Gasteiger partial charge in [0.1, 0.15) is 5.69 Å². The first-order valence-corrected chi connectivity index (χ1v) is 6.43. The van der Waals surface area contributed by atoms with Crippen molar-refractivity contribution in [3.63, 3.8) is 0 Å². The van der Waals surface area contributed by atoms with Crippen molar-refractivity contribution in [3.05, 3.63) is 61.8 Å². The second kappa shape index (κ2) is 5.74. The monoisotopic (exact) mass is 288 g/mol. The quantitative estimate of drug-likeness (QED) is 0.685. The molecule has 110 valence electrons. The van der Waals surface area contributed by atoms with Crippen LogP contribution in [-0.2, 0) is 6.54 Å². The number of nitrogens with one attached hydrogen (secondary N) is 1. The van der Waals surface area contributed by atoms with E-state index in [1.807, 2.05) is 6.92 Å². The van der Waals surface area contributed by atoms with Gasteiger partial charge >= 0.3 is 5.69 Å². The van der Waals surface area contributed by atoms with Gasteiger partial charge in [-0.3, -0.25) is 14.7 Å². The van der Waals surface area contributed by atoms with Crippen molar-refractivity contribution in [2.45, 2.75) is 20.4 Å². The lowest BCUT2D eigenvalue weighted by Crippen LogP contribution is -2.26. The lowest BCUT2D eigenvalue weighted by Gasteiger charge is -2.13. The highest BCUT2D eigenvalue weighted by Crippen LogP contribution is 2.28. The number of nitro groups is 1. The second-order valence-electron chi connectivity index (χ2n) is 4.73. The van der Waals surface area contributed by atoms with Gasteiger partial charge in [-0.2, -0.15) is 4.98 Å². The van der Waals surface area contributed by atoms with Crippen LogP contribution in [0.25, 0.3) is 0 Å². The Morgan fingerprint density at radius 1 is 1.38 bits per heavy atom. The molecule has 0 atom stereocenters. The Bertz CT molecular complexity index is 752. The van der Waals surface area contributed by atoms with E-state index in [9.17, 15) is 14.9 Å². The lowest BCUT2D eigenvalue weighted by atomic mass is 10.1. The Kier molecular flexibility index (Phi) is 4.02. The van der Waals surface area contributed by atoms with E-state index in [4.69, 9.17) is 0 Å². The molecule has 1 heterocycles. The average molecular weight is 288 g/mol. The largest absolute Gasteiger partial charge is 0.382 e. The third-order valence-corrected chi connectivity index (χ3v) is 3.25. The summed E-state index contributed by atoms with van der Waals surface area (Å²) in [5.41, 5.74) is 2.13. The van der Waals surface area contributed by atoms with Crippen LogP contribution in [0.2, 0.25) is 0 Å². The molecular weight excluding hydrogens is 272 g/mol. The normalized spacial score (nSPS) is 10.4. The van der Waals surface area contributed by atoms with Crippen LogP contribution in [-0.4, -0.2) is 21.5 Å². The summed E-state index contributed by atoms with van der Waals surface area (Å²) in [5.74, 6) is 0. The van der Waals surface area contributed by atoms with E-state index in [0.717, 1.165) is 5.69 Å². The van der Waals surface area contributed by atoms with E-state index in [1.165, 1.54) is 10.6 Å². The standard InChI is InChI=1S/C14H16N4O3/c1-9-7-10(2)17(14(19)16-9)8-11-5-4-6-12(18(20)21)13(11)15-3/h4-7,15H,8H2,1-3H3. The molecule has 7 heteroatoms. The van der Waals surface area contributed by atoms with Crippen molar-refractivity contribution in [2.75, 3.05) is 12.4 Å². The molecule has 0 radical (unpaired) electrons. The molecule has 2 rings (SSSR count). The fraction of sp³-hybridized carbons (Fsp3) is 0.286. The summed E-state index contributed by atoms with van der Waals surface area (Å²) in [6.45, 7) is 3.80. The number of hydrogen-bond acceptors (Lipinski definition) is 5. The SMILES string of the molecule is CNc1c(Cn2c(C)cc(C)nc2=O)cccc1[N+](=O)[O-]. The maximum absolute atomic E-state index is 12.0. The van der Waals surface area contributed by atoms with Crippen molar-refractivity contribution in [2.24, 2.45) is 0 Å². The molecule has 1 N–H and O–H groups in total. The zero-order valence-electron chi connectivity index (χ0n) is 12.1. The van der Waals surface area contributed by atoms with Crippen molar-refractivity contribution in [1.29, 1.82) is 0 Å². The van der Waals surface area contributed by atoms with Crippen LogP contribution >= 0.6 is 0 Å². The van der Waals surface area contributed by atoms with Crippen LogP contribution in [0, 0.1) is 24.0 Å². The van der Waals surface area contributed by atoms with E-state index in [-0.39, 0.29) is 17.9 Å². The van der Waals surface area contributed by atoms with E-state index >= 15 is 0 Å². The van der Waals surface area contributed by atoms with Gasteiger partial charge in [0.15, 0.2) is 0 Å². The van der Waals surface area contributed by atoms with Gasteiger partial charge in [-0.05, 0) is 19.9 Å². The molecule has 0 aliphatic carbocycles. The zero-order chi connectivity index (χ0) is 15.6. The number of hydrogen-bond donors (Lipinski definition) is 1. The maximum Gasteiger partial charge on any atom is 0.348 e. The predicted molar refractivity (Wildman–Crippen MR) is 79.7 cm³/mol. The van der Waals surface area contributed by atoms with Crippen LogP contribution < -0.4 is 11.0 Å². The second-order valence-corrected chi connectivity index (χ2v) is 4.73.